The molecule has 3 heterocycles. The Kier molecular flexibility index (Phi) is 5.87. The molecule has 2 atom stereocenters. The van der Waals surface area contributed by atoms with Crippen LogP contribution in [0.3, 0.4) is 0 Å². The molecule has 1 aromatic heterocycles. The first-order valence-corrected chi connectivity index (χ1v) is 11.6. The standard InChI is InChI=1S/C25H20F2N4O2S/c1-15-11-29-21(12-28-15)22-9-17-13-34-24(30-23(32)16-5-3-2-4-6-16)31-25(17,14-33-22)19-8-7-18(26)10-20(19)27/h2-12,17H,13-14H2,1H3,(H,30,31,32)/t17-,25-/m1/s1. The lowest BCUT2D eigenvalue weighted by Gasteiger charge is -2.42. The fourth-order valence-electron chi connectivity index (χ4n) is 4.03. The molecule has 34 heavy (non-hydrogen) atoms. The molecule has 5 rings (SSSR count). The number of carbonyl (C=O) groups excluding carboxylic acids is 1. The summed E-state index contributed by atoms with van der Waals surface area (Å²) in [5.41, 5.74) is 0.852. The second kappa shape index (κ2) is 8.98. The Labute approximate surface area is 199 Å². The van der Waals surface area contributed by atoms with Crippen LogP contribution in [0, 0.1) is 24.5 Å². The van der Waals surface area contributed by atoms with E-state index in [1.807, 2.05) is 19.1 Å². The van der Waals surface area contributed by atoms with Gasteiger partial charge in [-0.2, -0.15) is 0 Å². The molecule has 2 aliphatic heterocycles. The highest BCUT2D eigenvalue weighted by Gasteiger charge is 2.48. The van der Waals surface area contributed by atoms with Crippen LogP contribution in [0.25, 0.3) is 5.76 Å². The number of rotatable bonds is 3. The minimum absolute atomic E-state index is 0.00707. The Balaban J connectivity index is 1.54. The molecule has 0 aliphatic carbocycles. The lowest BCUT2D eigenvalue weighted by molar-refractivity contribution is 0.0975. The van der Waals surface area contributed by atoms with E-state index in [-0.39, 0.29) is 24.0 Å². The first kappa shape index (κ1) is 22.2. The van der Waals surface area contributed by atoms with E-state index in [9.17, 15) is 9.18 Å². The molecule has 0 fully saturated rings. The predicted octanol–water partition coefficient (Wildman–Crippen LogP) is 4.48. The normalized spacial score (nSPS) is 21.6. The van der Waals surface area contributed by atoms with Crippen LogP contribution in [0.1, 0.15) is 27.3 Å². The number of halogens is 2. The number of amides is 1. The van der Waals surface area contributed by atoms with E-state index in [1.165, 1.54) is 23.9 Å². The Bertz CT molecular complexity index is 1300. The van der Waals surface area contributed by atoms with Gasteiger partial charge in [0, 0.05) is 35.1 Å². The number of carbonyl (C=O) groups is 1. The van der Waals surface area contributed by atoms with E-state index >= 15 is 4.39 Å². The minimum Gasteiger partial charge on any atom is -0.489 e. The number of aliphatic imine (C=N–C) groups is 1. The number of benzene rings is 2. The highest BCUT2D eigenvalue weighted by molar-refractivity contribution is 8.13. The topological polar surface area (TPSA) is 76.5 Å². The highest BCUT2D eigenvalue weighted by Crippen LogP contribution is 2.46. The Hall–Kier alpha value is -3.59. The quantitative estimate of drug-likeness (QED) is 0.601. The molecule has 1 N–H and O–H groups in total. The molecule has 0 saturated heterocycles. The molecule has 3 aromatic rings. The third kappa shape index (κ3) is 4.19. The zero-order valence-electron chi connectivity index (χ0n) is 18.2. The lowest BCUT2D eigenvalue weighted by atomic mass is 9.77. The zero-order chi connectivity index (χ0) is 23.7. The van der Waals surface area contributed by atoms with Crippen molar-refractivity contribution < 1.29 is 18.3 Å². The summed E-state index contributed by atoms with van der Waals surface area (Å²) in [7, 11) is 0. The van der Waals surface area contributed by atoms with Gasteiger partial charge in [-0.3, -0.25) is 9.78 Å². The number of hydrogen-bond donors (Lipinski definition) is 1. The van der Waals surface area contributed by atoms with E-state index in [0.717, 1.165) is 11.8 Å². The summed E-state index contributed by atoms with van der Waals surface area (Å²) in [5, 5.41) is 3.17. The van der Waals surface area contributed by atoms with E-state index in [4.69, 9.17) is 9.73 Å². The summed E-state index contributed by atoms with van der Waals surface area (Å²) in [6.45, 7) is 1.83. The van der Waals surface area contributed by atoms with Gasteiger partial charge < -0.3 is 10.1 Å². The van der Waals surface area contributed by atoms with Crippen molar-refractivity contribution in [2.24, 2.45) is 10.9 Å². The number of thioether (sulfide) groups is 1. The molecule has 2 aliphatic rings. The van der Waals surface area contributed by atoms with E-state index in [0.29, 0.717) is 27.9 Å². The van der Waals surface area contributed by atoms with Crippen LogP contribution in [-0.4, -0.2) is 33.4 Å². The predicted molar refractivity (Wildman–Crippen MR) is 126 cm³/mol. The first-order chi connectivity index (χ1) is 16.4. The summed E-state index contributed by atoms with van der Waals surface area (Å²) in [4.78, 5) is 26.1. The van der Waals surface area contributed by atoms with Gasteiger partial charge in [-0.15, -0.1) is 0 Å². The van der Waals surface area contributed by atoms with Crippen LogP contribution in [0.4, 0.5) is 8.78 Å². The van der Waals surface area contributed by atoms with Gasteiger partial charge in [0.25, 0.3) is 5.91 Å². The number of aryl methyl sites for hydroxylation is 1. The molecule has 0 spiro atoms. The van der Waals surface area contributed by atoms with Crippen molar-refractivity contribution in [1.82, 2.24) is 15.3 Å². The number of ether oxygens (including phenoxy) is 1. The molecule has 9 heteroatoms. The van der Waals surface area contributed by atoms with Crippen molar-refractivity contribution in [1.29, 1.82) is 0 Å². The summed E-state index contributed by atoms with van der Waals surface area (Å²) < 4.78 is 34.7. The largest absolute Gasteiger partial charge is 0.489 e. The molecule has 0 unspecified atom stereocenters. The van der Waals surface area contributed by atoms with Crippen LogP contribution < -0.4 is 5.32 Å². The van der Waals surface area contributed by atoms with Crippen molar-refractivity contribution in [3.63, 3.8) is 0 Å². The Morgan fingerprint density at radius 3 is 2.71 bits per heavy atom. The van der Waals surface area contributed by atoms with Crippen molar-refractivity contribution in [3.05, 3.63) is 101 Å². The summed E-state index contributed by atoms with van der Waals surface area (Å²) in [6.07, 6.45) is 5.13. The number of hydrogen-bond acceptors (Lipinski definition) is 6. The molecule has 172 valence electrons. The van der Waals surface area contributed by atoms with Crippen LogP contribution >= 0.6 is 11.8 Å². The third-order valence-electron chi connectivity index (χ3n) is 5.80. The molecule has 0 saturated carbocycles. The average molecular weight is 479 g/mol. The summed E-state index contributed by atoms with van der Waals surface area (Å²) in [5.74, 6) is -0.974. The molecule has 0 radical (unpaired) electrons. The Morgan fingerprint density at radius 2 is 1.97 bits per heavy atom. The Morgan fingerprint density at radius 1 is 1.15 bits per heavy atom. The van der Waals surface area contributed by atoms with Gasteiger partial charge in [0.1, 0.15) is 35.2 Å². The van der Waals surface area contributed by atoms with Crippen LogP contribution in [0.5, 0.6) is 0 Å². The van der Waals surface area contributed by atoms with Gasteiger partial charge >= 0.3 is 0 Å². The van der Waals surface area contributed by atoms with Gasteiger partial charge in [-0.05, 0) is 31.2 Å². The molecule has 0 bridgehead atoms. The maximum atomic E-state index is 15.0. The second-order valence-corrected chi connectivity index (χ2v) is 9.07. The number of amidine groups is 1. The molecular weight excluding hydrogens is 458 g/mol. The van der Waals surface area contributed by atoms with Crippen molar-refractivity contribution >= 4 is 28.6 Å². The number of nitrogens with one attached hydrogen (secondary N) is 1. The van der Waals surface area contributed by atoms with E-state index < -0.39 is 17.2 Å². The molecule has 2 aromatic carbocycles. The average Bonchev–Trinajstić information content (AvgIpc) is 2.84. The van der Waals surface area contributed by atoms with Gasteiger partial charge in [-0.1, -0.05) is 36.0 Å². The maximum absolute atomic E-state index is 15.0. The summed E-state index contributed by atoms with van der Waals surface area (Å²) in [6, 6.07) is 12.2. The van der Waals surface area contributed by atoms with Gasteiger partial charge in [0.05, 0.1) is 11.9 Å². The van der Waals surface area contributed by atoms with E-state index in [1.54, 1.807) is 36.7 Å². The fourth-order valence-corrected chi connectivity index (χ4v) is 5.13. The fraction of sp³-hybridized carbons (Fsp3) is 0.200. The van der Waals surface area contributed by atoms with Crippen molar-refractivity contribution in [2.75, 3.05) is 12.4 Å². The number of aromatic nitrogens is 2. The van der Waals surface area contributed by atoms with Crippen LogP contribution in [0.2, 0.25) is 0 Å². The number of nitrogens with zero attached hydrogens (tertiary/aromatic N) is 3. The summed E-state index contributed by atoms with van der Waals surface area (Å²) >= 11 is 1.36. The maximum Gasteiger partial charge on any atom is 0.257 e. The molecular formula is C25H20F2N4O2S. The van der Waals surface area contributed by atoms with Crippen LogP contribution in [0.15, 0.2) is 72.0 Å². The smallest absolute Gasteiger partial charge is 0.257 e. The van der Waals surface area contributed by atoms with E-state index in [2.05, 4.69) is 15.3 Å². The van der Waals surface area contributed by atoms with Gasteiger partial charge in [0.15, 0.2) is 5.17 Å². The minimum atomic E-state index is -1.18. The second-order valence-electron chi connectivity index (χ2n) is 8.07. The number of fused-ring (bicyclic) bond motifs is 1. The highest BCUT2D eigenvalue weighted by atomic mass is 32.2. The molecule has 6 nitrogen and oxygen atoms in total. The van der Waals surface area contributed by atoms with Crippen molar-refractivity contribution in [3.8, 4) is 0 Å². The lowest BCUT2D eigenvalue weighted by Crippen LogP contribution is -2.47. The SMILES string of the molecule is Cc1cnc(C2=C[C@@H]3CSC(NC(=O)c4ccccc4)=N[C@]3(c3ccc(F)cc3F)CO2)cn1. The first-order valence-electron chi connectivity index (χ1n) is 10.6. The van der Waals surface area contributed by atoms with Crippen molar-refractivity contribution in [2.45, 2.75) is 12.5 Å². The van der Waals surface area contributed by atoms with Crippen LogP contribution in [-0.2, 0) is 10.3 Å². The monoisotopic (exact) mass is 478 g/mol. The van der Waals surface area contributed by atoms with Gasteiger partial charge in [-0.25, -0.2) is 18.8 Å². The molecule has 1 amide bonds. The third-order valence-corrected chi connectivity index (χ3v) is 6.79. The zero-order valence-corrected chi connectivity index (χ0v) is 19.0. The van der Waals surface area contributed by atoms with Gasteiger partial charge in [0.2, 0.25) is 0 Å².